The number of benzene rings is 1. The number of nitrogens with zero attached hydrogens (tertiary/aromatic N) is 2. The first-order valence-electron chi connectivity index (χ1n) is 6.88. The van der Waals surface area contributed by atoms with Gasteiger partial charge in [-0.1, -0.05) is 0 Å². The summed E-state index contributed by atoms with van der Waals surface area (Å²) in [5.74, 6) is -0.370. The molecular weight excluding hydrogens is 314 g/mol. The van der Waals surface area contributed by atoms with Crippen molar-refractivity contribution in [3.05, 3.63) is 58.0 Å². The Labute approximate surface area is 135 Å². The van der Waals surface area contributed by atoms with Crippen molar-refractivity contribution in [3.63, 3.8) is 0 Å². The van der Waals surface area contributed by atoms with E-state index < -0.39 is 0 Å². The highest BCUT2D eigenvalue weighted by atomic mass is 32.1. The molecule has 23 heavy (non-hydrogen) atoms. The Kier molecular flexibility index (Phi) is 4.03. The number of carbonyl (C=O) groups excluding carboxylic acids is 2. The number of ketones is 1. The molecule has 0 saturated heterocycles. The summed E-state index contributed by atoms with van der Waals surface area (Å²) in [4.78, 5) is 39.7. The van der Waals surface area contributed by atoms with Crippen LogP contribution in [0.3, 0.4) is 0 Å². The van der Waals surface area contributed by atoms with Gasteiger partial charge in [0.1, 0.15) is 4.70 Å². The fourth-order valence-electron chi connectivity index (χ4n) is 2.18. The number of amides is 1. The minimum atomic E-state index is -0.215. The monoisotopic (exact) mass is 327 g/mol. The summed E-state index contributed by atoms with van der Waals surface area (Å²) in [7, 11) is 0. The second-order valence-corrected chi connectivity index (χ2v) is 5.91. The van der Waals surface area contributed by atoms with Crippen LogP contribution in [-0.4, -0.2) is 21.2 Å². The lowest BCUT2D eigenvalue weighted by Gasteiger charge is -2.06. The maximum Gasteiger partial charge on any atom is 0.271 e. The lowest BCUT2D eigenvalue weighted by atomic mass is 10.1. The molecule has 0 aliphatic carbocycles. The van der Waals surface area contributed by atoms with Crippen molar-refractivity contribution in [2.75, 3.05) is 5.32 Å². The van der Waals surface area contributed by atoms with Crippen LogP contribution in [0.2, 0.25) is 0 Å². The van der Waals surface area contributed by atoms with E-state index in [1.54, 1.807) is 35.7 Å². The highest BCUT2D eigenvalue weighted by molar-refractivity contribution is 7.17. The van der Waals surface area contributed by atoms with Crippen molar-refractivity contribution in [2.24, 2.45) is 0 Å². The van der Waals surface area contributed by atoms with Gasteiger partial charge in [0.2, 0.25) is 5.91 Å². The third kappa shape index (κ3) is 3.19. The lowest BCUT2D eigenvalue weighted by molar-refractivity contribution is -0.114. The summed E-state index contributed by atoms with van der Waals surface area (Å²) in [5.41, 5.74) is 1.52. The van der Waals surface area contributed by atoms with E-state index in [2.05, 4.69) is 10.3 Å². The van der Waals surface area contributed by atoms with Crippen molar-refractivity contribution in [3.8, 4) is 0 Å². The van der Waals surface area contributed by atoms with Gasteiger partial charge < -0.3 is 5.32 Å². The minimum absolute atomic E-state index is 0.0703. The van der Waals surface area contributed by atoms with Crippen LogP contribution in [0, 0.1) is 0 Å². The molecule has 0 fully saturated rings. The highest BCUT2D eigenvalue weighted by Gasteiger charge is 2.11. The average molecular weight is 327 g/mol. The normalized spacial score (nSPS) is 10.7. The van der Waals surface area contributed by atoms with Crippen LogP contribution in [-0.2, 0) is 11.3 Å². The molecule has 0 radical (unpaired) electrons. The van der Waals surface area contributed by atoms with Crippen molar-refractivity contribution >= 4 is 38.9 Å². The van der Waals surface area contributed by atoms with E-state index in [1.807, 2.05) is 0 Å². The molecule has 1 aromatic carbocycles. The van der Waals surface area contributed by atoms with Crippen LogP contribution in [0.25, 0.3) is 10.2 Å². The summed E-state index contributed by atoms with van der Waals surface area (Å²) in [6.07, 6.45) is 1.39. The van der Waals surface area contributed by atoms with E-state index in [-0.39, 0.29) is 23.8 Å². The van der Waals surface area contributed by atoms with E-state index in [9.17, 15) is 14.4 Å². The molecule has 6 nitrogen and oxygen atoms in total. The molecule has 3 rings (SSSR count). The Hall–Kier alpha value is -2.80. The molecule has 0 atom stereocenters. The number of thiophene rings is 1. The molecule has 0 bridgehead atoms. The van der Waals surface area contributed by atoms with Gasteiger partial charge in [-0.05, 0) is 35.7 Å². The molecule has 2 aromatic heterocycles. The van der Waals surface area contributed by atoms with Crippen LogP contribution in [0.15, 0.2) is 46.8 Å². The largest absolute Gasteiger partial charge is 0.326 e. The molecule has 7 heteroatoms. The third-order valence-electron chi connectivity index (χ3n) is 3.28. The van der Waals surface area contributed by atoms with Crippen molar-refractivity contribution in [2.45, 2.75) is 13.5 Å². The van der Waals surface area contributed by atoms with E-state index in [4.69, 9.17) is 0 Å². The fraction of sp³-hybridized carbons (Fsp3) is 0.125. The number of Topliss-reactive ketones (excluding diaryl/α,β-unsaturated/α-hetero) is 1. The highest BCUT2D eigenvalue weighted by Crippen LogP contribution is 2.14. The van der Waals surface area contributed by atoms with Gasteiger partial charge in [0.05, 0.1) is 18.4 Å². The van der Waals surface area contributed by atoms with Gasteiger partial charge in [0.25, 0.3) is 5.56 Å². The Balaban J connectivity index is 1.81. The summed E-state index contributed by atoms with van der Waals surface area (Å²) in [6.45, 7) is 1.35. The van der Waals surface area contributed by atoms with Gasteiger partial charge in [-0.3, -0.25) is 19.0 Å². The smallest absolute Gasteiger partial charge is 0.271 e. The van der Waals surface area contributed by atoms with Crippen molar-refractivity contribution in [1.29, 1.82) is 0 Å². The number of carbonyl (C=O) groups is 2. The van der Waals surface area contributed by atoms with E-state index in [0.29, 0.717) is 21.5 Å². The van der Waals surface area contributed by atoms with Crippen LogP contribution in [0.4, 0.5) is 5.69 Å². The summed E-state index contributed by atoms with van der Waals surface area (Å²) in [5, 5.41) is 4.43. The Morgan fingerprint density at radius 1 is 1.22 bits per heavy atom. The first-order valence-corrected chi connectivity index (χ1v) is 7.76. The van der Waals surface area contributed by atoms with Gasteiger partial charge in [0, 0.05) is 18.2 Å². The summed E-state index contributed by atoms with van der Waals surface area (Å²) >= 11 is 1.31. The Morgan fingerprint density at radius 3 is 2.65 bits per heavy atom. The Bertz CT molecular complexity index is 941. The number of fused-ring (bicyclic) bond motifs is 1. The second kappa shape index (κ2) is 6.13. The molecule has 1 amide bonds. The van der Waals surface area contributed by atoms with Crippen molar-refractivity contribution < 1.29 is 9.59 Å². The standard InChI is InChI=1S/C16H13N3O3S/c1-10(20)18-12-4-2-11(3-5-12)14(21)8-19-9-17-13-6-7-23-15(13)16(19)22/h2-7,9H,8H2,1H3,(H,18,20). The molecule has 0 aliphatic heterocycles. The quantitative estimate of drug-likeness (QED) is 0.746. The van der Waals surface area contributed by atoms with E-state index in [1.165, 1.54) is 29.2 Å². The number of rotatable bonds is 4. The summed E-state index contributed by atoms with van der Waals surface area (Å²) in [6, 6.07) is 8.32. The molecule has 0 spiro atoms. The van der Waals surface area contributed by atoms with Gasteiger partial charge in [0.15, 0.2) is 5.78 Å². The SMILES string of the molecule is CC(=O)Nc1ccc(C(=O)Cn2cnc3ccsc3c2=O)cc1. The zero-order valence-electron chi connectivity index (χ0n) is 12.3. The van der Waals surface area contributed by atoms with Crippen LogP contribution >= 0.6 is 11.3 Å². The molecule has 0 unspecified atom stereocenters. The Morgan fingerprint density at radius 2 is 1.96 bits per heavy atom. The number of anilines is 1. The molecule has 1 N–H and O–H groups in total. The first kappa shape index (κ1) is 15.1. The van der Waals surface area contributed by atoms with Crippen LogP contribution in [0.1, 0.15) is 17.3 Å². The molecular formula is C16H13N3O3S. The molecule has 2 heterocycles. The van der Waals surface area contributed by atoms with E-state index >= 15 is 0 Å². The van der Waals surface area contributed by atoms with Gasteiger partial charge in [-0.25, -0.2) is 4.98 Å². The molecule has 116 valence electrons. The molecule has 0 aliphatic rings. The maximum absolute atomic E-state index is 12.3. The fourth-order valence-corrected chi connectivity index (χ4v) is 2.97. The third-order valence-corrected chi connectivity index (χ3v) is 4.17. The predicted molar refractivity (Wildman–Crippen MR) is 89.0 cm³/mol. The van der Waals surface area contributed by atoms with Gasteiger partial charge in [-0.15, -0.1) is 11.3 Å². The average Bonchev–Trinajstić information content (AvgIpc) is 2.99. The van der Waals surface area contributed by atoms with Crippen LogP contribution in [0.5, 0.6) is 0 Å². The first-order chi connectivity index (χ1) is 11.0. The number of nitrogens with one attached hydrogen (secondary N) is 1. The number of hydrogen-bond donors (Lipinski definition) is 1. The van der Waals surface area contributed by atoms with Crippen LogP contribution < -0.4 is 10.9 Å². The zero-order chi connectivity index (χ0) is 16.4. The van der Waals surface area contributed by atoms with Crippen molar-refractivity contribution in [1.82, 2.24) is 9.55 Å². The van der Waals surface area contributed by atoms with E-state index in [0.717, 1.165) is 0 Å². The summed E-state index contributed by atoms with van der Waals surface area (Å²) < 4.78 is 1.85. The zero-order valence-corrected chi connectivity index (χ0v) is 13.1. The number of aromatic nitrogens is 2. The predicted octanol–water partition coefficient (Wildman–Crippen LogP) is 2.30. The maximum atomic E-state index is 12.3. The van der Waals surface area contributed by atoms with Gasteiger partial charge in [-0.2, -0.15) is 0 Å². The lowest BCUT2D eigenvalue weighted by Crippen LogP contribution is -2.24. The topological polar surface area (TPSA) is 81.1 Å². The van der Waals surface area contributed by atoms with Gasteiger partial charge >= 0.3 is 0 Å². The minimum Gasteiger partial charge on any atom is -0.326 e. The molecule has 3 aromatic rings. The number of hydrogen-bond acceptors (Lipinski definition) is 5. The second-order valence-electron chi connectivity index (χ2n) is 4.99. The molecule has 0 saturated carbocycles.